The molecule has 1 aromatic rings. The first-order valence-corrected chi connectivity index (χ1v) is 5.05. The molecule has 0 saturated carbocycles. The Balaban J connectivity index is 2.75. The van der Waals surface area contributed by atoms with Crippen LogP contribution in [0.3, 0.4) is 0 Å². The van der Waals surface area contributed by atoms with Gasteiger partial charge in [0, 0.05) is 16.9 Å². The van der Waals surface area contributed by atoms with E-state index in [1.54, 1.807) is 12.1 Å². The van der Waals surface area contributed by atoms with E-state index in [0.717, 1.165) is 0 Å². The highest BCUT2D eigenvalue weighted by molar-refractivity contribution is 5.87. The molecule has 0 saturated heterocycles. The van der Waals surface area contributed by atoms with Gasteiger partial charge in [0.2, 0.25) is 6.04 Å². The van der Waals surface area contributed by atoms with Gasteiger partial charge in [0.1, 0.15) is 0 Å². The van der Waals surface area contributed by atoms with E-state index in [-0.39, 0.29) is 18.4 Å². The zero-order valence-electron chi connectivity index (χ0n) is 8.97. The van der Waals surface area contributed by atoms with Crippen LogP contribution in [0, 0.1) is 10.1 Å². The number of nitro groups is 1. The lowest BCUT2D eigenvalue weighted by molar-refractivity contribution is -0.524. The Bertz CT molecular complexity index is 422. The van der Waals surface area contributed by atoms with Crippen LogP contribution in [0.5, 0.6) is 0 Å². The molecule has 1 unspecified atom stereocenters. The van der Waals surface area contributed by atoms with Crippen molar-refractivity contribution in [3.63, 3.8) is 0 Å². The Kier molecular flexibility index (Phi) is 4.56. The summed E-state index contributed by atoms with van der Waals surface area (Å²) in [5.41, 5.74) is 0.418. The van der Waals surface area contributed by atoms with Gasteiger partial charge in [-0.25, -0.2) is 4.39 Å². The van der Waals surface area contributed by atoms with Crippen LogP contribution in [0.1, 0.15) is 22.3 Å². The number of alkyl halides is 1. The number of aryl methyl sites for hydroxylation is 1. The van der Waals surface area contributed by atoms with Crippen molar-refractivity contribution in [2.45, 2.75) is 18.9 Å². The Morgan fingerprint density at radius 3 is 2.59 bits per heavy atom. The van der Waals surface area contributed by atoms with Gasteiger partial charge in [-0.2, -0.15) is 0 Å². The molecular formula is C11H11FNO4-. The Morgan fingerprint density at radius 2 is 2.06 bits per heavy atom. The van der Waals surface area contributed by atoms with Crippen molar-refractivity contribution in [2.75, 3.05) is 6.67 Å². The van der Waals surface area contributed by atoms with Crippen molar-refractivity contribution >= 4 is 5.97 Å². The monoisotopic (exact) mass is 240 g/mol. The first-order chi connectivity index (χ1) is 8.06. The molecule has 0 aliphatic carbocycles. The van der Waals surface area contributed by atoms with Crippen LogP contribution in [0.2, 0.25) is 0 Å². The number of carboxylic acid groups (broad SMARTS) is 1. The molecule has 0 aromatic heterocycles. The third-order valence-corrected chi connectivity index (χ3v) is 2.46. The molecule has 92 valence electrons. The molecule has 0 aliphatic rings. The van der Waals surface area contributed by atoms with E-state index in [9.17, 15) is 24.4 Å². The molecule has 6 heteroatoms. The second kappa shape index (κ2) is 5.93. The van der Waals surface area contributed by atoms with Gasteiger partial charge in [-0.05, 0) is 12.0 Å². The Morgan fingerprint density at radius 1 is 1.41 bits per heavy atom. The Hall–Kier alpha value is -1.98. The van der Waals surface area contributed by atoms with E-state index in [0.29, 0.717) is 5.56 Å². The zero-order valence-corrected chi connectivity index (χ0v) is 8.97. The first-order valence-electron chi connectivity index (χ1n) is 5.05. The van der Waals surface area contributed by atoms with Crippen molar-refractivity contribution in [3.8, 4) is 0 Å². The minimum Gasteiger partial charge on any atom is -0.545 e. The van der Waals surface area contributed by atoms with Crippen molar-refractivity contribution in [3.05, 3.63) is 45.5 Å². The summed E-state index contributed by atoms with van der Waals surface area (Å²) in [6, 6.07) is 4.78. The molecular weight excluding hydrogens is 229 g/mol. The molecule has 1 atom stereocenters. The first kappa shape index (κ1) is 13.1. The molecule has 0 fully saturated rings. The third-order valence-electron chi connectivity index (χ3n) is 2.46. The largest absolute Gasteiger partial charge is 0.545 e. The maximum Gasteiger partial charge on any atom is 0.241 e. The molecule has 0 spiro atoms. The molecule has 1 rings (SSSR count). The summed E-state index contributed by atoms with van der Waals surface area (Å²) in [4.78, 5) is 20.5. The standard InChI is InChI=1S/C11H12FNO4/c12-7-9(13(16)17)6-5-8-3-1-2-4-10(8)11(14)15/h1-4,9H,5-7H2,(H,14,15)/p-1. The molecule has 0 heterocycles. The van der Waals surface area contributed by atoms with Crippen LogP contribution in [-0.2, 0) is 6.42 Å². The minimum atomic E-state index is -1.33. The molecule has 0 N–H and O–H groups in total. The summed E-state index contributed by atoms with van der Waals surface area (Å²) in [6.07, 6.45) is 0.105. The predicted octanol–water partition coefficient (Wildman–Crippen LogP) is 0.597. The number of carboxylic acids is 1. The average molecular weight is 240 g/mol. The predicted molar refractivity (Wildman–Crippen MR) is 55.9 cm³/mol. The highest BCUT2D eigenvalue weighted by Gasteiger charge is 2.19. The summed E-state index contributed by atoms with van der Waals surface area (Å²) in [5.74, 6) is -1.33. The van der Waals surface area contributed by atoms with Crippen LogP contribution in [0.4, 0.5) is 4.39 Å². The number of aromatic carboxylic acids is 1. The van der Waals surface area contributed by atoms with Gasteiger partial charge < -0.3 is 9.90 Å². The van der Waals surface area contributed by atoms with Crippen molar-refractivity contribution in [2.24, 2.45) is 0 Å². The molecule has 17 heavy (non-hydrogen) atoms. The van der Waals surface area contributed by atoms with Gasteiger partial charge in [-0.15, -0.1) is 0 Å². The third kappa shape index (κ3) is 3.51. The van der Waals surface area contributed by atoms with Crippen molar-refractivity contribution in [1.82, 2.24) is 0 Å². The number of rotatable bonds is 6. The summed E-state index contributed by atoms with van der Waals surface area (Å²) < 4.78 is 12.3. The van der Waals surface area contributed by atoms with E-state index >= 15 is 0 Å². The maximum atomic E-state index is 12.3. The van der Waals surface area contributed by atoms with E-state index < -0.39 is 23.6 Å². The van der Waals surface area contributed by atoms with Crippen molar-refractivity contribution < 1.29 is 19.2 Å². The normalized spacial score (nSPS) is 12.1. The lowest BCUT2D eigenvalue weighted by Gasteiger charge is -2.10. The Labute approximate surface area is 97.0 Å². The number of nitrogens with zero attached hydrogens (tertiary/aromatic N) is 1. The van der Waals surface area contributed by atoms with E-state index in [4.69, 9.17) is 0 Å². The number of benzene rings is 1. The number of carbonyl (C=O) groups excluding carboxylic acids is 1. The van der Waals surface area contributed by atoms with Gasteiger partial charge in [-0.1, -0.05) is 24.3 Å². The summed E-state index contributed by atoms with van der Waals surface area (Å²) in [7, 11) is 0. The molecule has 1 aromatic carbocycles. The number of hydrogen-bond donors (Lipinski definition) is 0. The fourth-order valence-corrected chi connectivity index (χ4v) is 1.50. The summed E-state index contributed by atoms with van der Waals surface area (Å²) >= 11 is 0. The van der Waals surface area contributed by atoms with E-state index in [2.05, 4.69) is 0 Å². The molecule has 0 bridgehead atoms. The second-order valence-corrected chi connectivity index (χ2v) is 3.58. The van der Waals surface area contributed by atoms with Crippen LogP contribution in [0.15, 0.2) is 24.3 Å². The van der Waals surface area contributed by atoms with Gasteiger partial charge in [0.25, 0.3) is 0 Å². The number of carbonyl (C=O) groups is 1. The summed E-state index contributed by atoms with van der Waals surface area (Å²) in [6.45, 7) is -1.06. The lowest BCUT2D eigenvalue weighted by atomic mass is 10.0. The zero-order chi connectivity index (χ0) is 12.8. The minimum absolute atomic E-state index is 0.00606. The van der Waals surface area contributed by atoms with Crippen LogP contribution in [0.25, 0.3) is 0 Å². The van der Waals surface area contributed by atoms with E-state index in [1.165, 1.54) is 12.1 Å². The highest BCUT2D eigenvalue weighted by Crippen LogP contribution is 2.12. The second-order valence-electron chi connectivity index (χ2n) is 3.58. The van der Waals surface area contributed by atoms with Crippen LogP contribution < -0.4 is 5.11 Å². The average Bonchev–Trinajstić information content (AvgIpc) is 2.29. The molecule has 0 aliphatic heterocycles. The van der Waals surface area contributed by atoms with Crippen LogP contribution >= 0.6 is 0 Å². The highest BCUT2D eigenvalue weighted by atomic mass is 19.1. The summed E-state index contributed by atoms with van der Waals surface area (Å²) in [5, 5.41) is 21.2. The molecule has 5 nitrogen and oxygen atoms in total. The van der Waals surface area contributed by atoms with Gasteiger partial charge in [0.05, 0.1) is 5.97 Å². The number of hydrogen-bond acceptors (Lipinski definition) is 4. The van der Waals surface area contributed by atoms with Gasteiger partial charge in [0.15, 0.2) is 6.67 Å². The quantitative estimate of drug-likeness (QED) is 0.538. The van der Waals surface area contributed by atoms with Gasteiger partial charge in [-0.3, -0.25) is 10.1 Å². The molecule has 0 radical (unpaired) electrons. The maximum absolute atomic E-state index is 12.3. The van der Waals surface area contributed by atoms with Crippen LogP contribution in [-0.4, -0.2) is 23.6 Å². The number of halogens is 1. The SMILES string of the molecule is O=C([O-])c1ccccc1CCC(CF)[N+](=O)[O-]. The topological polar surface area (TPSA) is 83.3 Å². The lowest BCUT2D eigenvalue weighted by Crippen LogP contribution is -2.25. The van der Waals surface area contributed by atoms with E-state index in [1.807, 2.05) is 0 Å². The smallest absolute Gasteiger partial charge is 0.241 e. The fourth-order valence-electron chi connectivity index (χ4n) is 1.50. The van der Waals surface area contributed by atoms with Gasteiger partial charge >= 0.3 is 0 Å². The fraction of sp³-hybridized carbons (Fsp3) is 0.364. The molecule has 0 amide bonds. The van der Waals surface area contributed by atoms with Crippen molar-refractivity contribution in [1.29, 1.82) is 0 Å².